The first-order valence-electron chi connectivity index (χ1n) is 7.28. The summed E-state index contributed by atoms with van der Waals surface area (Å²) >= 11 is 0. The van der Waals surface area contributed by atoms with E-state index in [1.165, 1.54) is 24.9 Å². The molecule has 0 N–H and O–H groups in total. The predicted molar refractivity (Wildman–Crippen MR) is 75.7 cm³/mol. The average Bonchev–Trinajstić information content (AvgIpc) is 3.24. The first-order chi connectivity index (χ1) is 9.24. The highest BCUT2D eigenvalue weighted by atomic mass is 16.2. The van der Waals surface area contributed by atoms with Crippen LogP contribution in [0.1, 0.15) is 31.4 Å². The van der Waals surface area contributed by atoms with E-state index in [1.54, 1.807) is 6.92 Å². The van der Waals surface area contributed by atoms with Crippen molar-refractivity contribution in [2.45, 2.75) is 25.8 Å². The molecule has 1 saturated carbocycles. The minimum Gasteiger partial charge on any atom is -0.340 e. The lowest BCUT2D eigenvalue weighted by Gasteiger charge is -2.41. The number of benzene rings is 1. The van der Waals surface area contributed by atoms with Gasteiger partial charge in [-0.2, -0.15) is 0 Å². The molecule has 1 atom stereocenters. The molecule has 1 saturated heterocycles. The van der Waals surface area contributed by atoms with Crippen molar-refractivity contribution in [1.82, 2.24) is 9.80 Å². The second-order valence-corrected chi connectivity index (χ2v) is 5.83. The van der Waals surface area contributed by atoms with Gasteiger partial charge in [-0.1, -0.05) is 30.3 Å². The number of piperazine rings is 1. The van der Waals surface area contributed by atoms with E-state index < -0.39 is 0 Å². The van der Waals surface area contributed by atoms with E-state index in [9.17, 15) is 4.79 Å². The Kier molecular flexibility index (Phi) is 3.56. The van der Waals surface area contributed by atoms with Gasteiger partial charge in [-0.3, -0.25) is 9.69 Å². The van der Waals surface area contributed by atoms with Crippen molar-refractivity contribution in [2.24, 2.45) is 5.92 Å². The largest absolute Gasteiger partial charge is 0.340 e. The Morgan fingerprint density at radius 3 is 2.58 bits per heavy atom. The van der Waals surface area contributed by atoms with Gasteiger partial charge in [-0.15, -0.1) is 0 Å². The zero-order valence-electron chi connectivity index (χ0n) is 11.6. The third-order valence-corrected chi connectivity index (χ3v) is 4.31. The molecule has 0 bridgehead atoms. The van der Waals surface area contributed by atoms with Crippen molar-refractivity contribution in [3.63, 3.8) is 0 Å². The molecule has 0 spiro atoms. The Labute approximate surface area is 115 Å². The first-order valence-corrected chi connectivity index (χ1v) is 7.28. The van der Waals surface area contributed by atoms with Gasteiger partial charge in [0, 0.05) is 33.1 Å². The van der Waals surface area contributed by atoms with Crippen LogP contribution in [0.4, 0.5) is 0 Å². The third kappa shape index (κ3) is 2.98. The van der Waals surface area contributed by atoms with E-state index in [-0.39, 0.29) is 5.91 Å². The maximum absolute atomic E-state index is 11.6. The molecule has 3 rings (SSSR count). The Balaban J connectivity index is 1.77. The molecule has 0 unspecified atom stereocenters. The molecular formula is C16H22N2O. The molecule has 1 aliphatic carbocycles. The van der Waals surface area contributed by atoms with E-state index in [0.29, 0.717) is 6.04 Å². The van der Waals surface area contributed by atoms with Crippen LogP contribution in [0.5, 0.6) is 0 Å². The van der Waals surface area contributed by atoms with Crippen molar-refractivity contribution >= 4 is 5.91 Å². The number of nitrogens with zero attached hydrogens (tertiary/aromatic N) is 2. The van der Waals surface area contributed by atoms with Gasteiger partial charge in [0.05, 0.1) is 6.04 Å². The third-order valence-electron chi connectivity index (χ3n) is 4.31. The monoisotopic (exact) mass is 258 g/mol. The summed E-state index contributed by atoms with van der Waals surface area (Å²) in [6, 6.07) is 11.0. The highest BCUT2D eigenvalue weighted by molar-refractivity contribution is 5.73. The van der Waals surface area contributed by atoms with Gasteiger partial charge in [-0.25, -0.2) is 0 Å². The highest BCUT2D eigenvalue weighted by Gasteiger charge is 2.33. The van der Waals surface area contributed by atoms with E-state index in [0.717, 1.165) is 25.6 Å². The summed E-state index contributed by atoms with van der Waals surface area (Å²) in [6.07, 6.45) is 2.77. The fraction of sp³-hybridized carbons (Fsp3) is 0.562. The number of hydrogen-bond acceptors (Lipinski definition) is 2. The van der Waals surface area contributed by atoms with Gasteiger partial charge in [0.25, 0.3) is 0 Å². The van der Waals surface area contributed by atoms with Crippen LogP contribution in [0, 0.1) is 5.92 Å². The fourth-order valence-electron chi connectivity index (χ4n) is 2.95. The van der Waals surface area contributed by atoms with Gasteiger partial charge < -0.3 is 4.90 Å². The van der Waals surface area contributed by atoms with Crippen LogP contribution in [-0.2, 0) is 4.79 Å². The van der Waals surface area contributed by atoms with E-state index in [4.69, 9.17) is 0 Å². The van der Waals surface area contributed by atoms with Gasteiger partial charge in [-0.05, 0) is 24.3 Å². The Bertz CT molecular complexity index is 441. The van der Waals surface area contributed by atoms with E-state index in [2.05, 4.69) is 35.2 Å². The zero-order chi connectivity index (χ0) is 13.2. The average molecular weight is 258 g/mol. The van der Waals surface area contributed by atoms with Gasteiger partial charge in [0.15, 0.2) is 0 Å². The number of carbonyl (C=O) groups is 1. The lowest BCUT2D eigenvalue weighted by Crippen LogP contribution is -2.50. The maximum Gasteiger partial charge on any atom is 0.219 e. The summed E-state index contributed by atoms with van der Waals surface area (Å²) in [5, 5.41) is 0. The molecule has 3 nitrogen and oxygen atoms in total. The van der Waals surface area contributed by atoms with Gasteiger partial charge >= 0.3 is 0 Å². The molecule has 2 aliphatic rings. The van der Waals surface area contributed by atoms with Crippen LogP contribution in [0.3, 0.4) is 0 Å². The maximum atomic E-state index is 11.6. The lowest BCUT2D eigenvalue weighted by atomic mass is 10.0. The molecule has 0 aromatic heterocycles. The van der Waals surface area contributed by atoms with Crippen molar-refractivity contribution < 1.29 is 4.79 Å². The van der Waals surface area contributed by atoms with Gasteiger partial charge in [0.1, 0.15) is 0 Å². The molecule has 102 valence electrons. The quantitative estimate of drug-likeness (QED) is 0.830. The molecule has 1 aromatic carbocycles. The molecule has 19 heavy (non-hydrogen) atoms. The van der Waals surface area contributed by atoms with Crippen LogP contribution < -0.4 is 0 Å². The molecule has 1 heterocycles. The molecule has 1 aliphatic heterocycles. The molecule has 0 radical (unpaired) electrons. The van der Waals surface area contributed by atoms with Crippen LogP contribution in [0.2, 0.25) is 0 Å². The Hall–Kier alpha value is -1.35. The van der Waals surface area contributed by atoms with Crippen LogP contribution in [0.25, 0.3) is 0 Å². The summed E-state index contributed by atoms with van der Waals surface area (Å²) in [5.41, 5.74) is 1.34. The fourth-order valence-corrected chi connectivity index (χ4v) is 2.95. The molecule has 1 aromatic rings. The minimum atomic E-state index is 0.201. The zero-order valence-corrected chi connectivity index (χ0v) is 11.6. The van der Waals surface area contributed by atoms with E-state index >= 15 is 0 Å². The van der Waals surface area contributed by atoms with Crippen LogP contribution in [0.15, 0.2) is 30.3 Å². The number of carbonyl (C=O) groups excluding carboxylic acids is 1. The van der Waals surface area contributed by atoms with Crippen molar-refractivity contribution in [3.05, 3.63) is 35.9 Å². The van der Waals surface area contributed by atoms with E-state index in [1.807, 2.05) is 4.90 Å². The smallest absolute Gasteiger partial charge is 0.219 e. The van der Waals surface area contributed by atoms with Crippen molar-refractivity contribution in [3.8, 4) is 0 Å². The molecule has 1 amide bonds. The van der Waals surface area contributed by atoms with Crippen LogP contribution in [-0.4, -0.2) is 41.9 Å². The number of rotatable bonds is 3. The Morgan fingerprint density at radius 2 is 1.95 bits per heavy atom. The van der Waals surface area contributed by atoms with Crippen molar-refractivity contribution in [2.75, 3.05) is 26.2 Å². The standard InChI is InChI=1S/C16H22N2O/c1-13(19)17-9-10-18(11-14-7-8-14)16(12-17)15-5-3-2-4-6-15/h2-6,14,16H,7-12H2,1H3/t16-/m0/s1. The SMILES string of the molecule is CC(=O)N1CCN(CC2CC2)[C@H](c2ccccc2)C1. The summed E-state index contributed by atoms with van der Waals surface area (Å²) in [7, 11) is 0. The second kappa shape index (κ2) is 5.33. The van der Waals surface area contributed by atoms with Crippen molar-refractivity contribution in [1.29, 1.82) is 0 Å². The van der Waals surface area contributed by atoms with Crippen LogP contribution >= 0.6 is 0 Å². The molecule has 3 heteroatoms. The predicted octanol–water partition coefficient (Wildman–Crippen LogP) is 2.30. The Morgan fingerprint density at radius 1 is 1.21 bits per heavy atom. The topological polar surface area (TPSA) is 23.6 Å². The molecular weight excluding hydrogens is 236 g/mol. The lowest BCUT2D eigenvalue weighted by molar-refractivity contribution is -0.132. The summed E-state index contributed by atoms with van der Waals surface area (Å²) < 4.78 is 0. The molecule has 2 fully saturated rings. The minimum absolute atomic E-state index is 0.201. The summed E-state index contributed by atoms with van der Waals surface area (Å²) in [6.45, 7) is 5.61. The van der Waals surface area contributed by atoms with Gasteiger partial charge in [0.2, 0.25) is 5.91 Å². The number of hydrogen-bond donors (Lipinski definition) is 0. The summed E-state index contributed by atoms with van der Waals surface area (Å²) in [4.78, 5) is 16.2. The first kappa shape index (κ1) is 12.7. The second-order valence-electron chi connectivity index (χ2n) is 5.83. The normalized spacial score (nSPS) is 24.5. The number of amides is 1. The highest BCUT2D eigenvalue weighted by Crippen LogP contribution is 2.34. The summed E-state index contributed by atoms with van der Waals surface area (Å²) in [5.74, 6) is 1.10.